The van der Waals surface area contributed by atoms with E-state index in [2.05, 4.69) is 18.7 Å². The van der Waals surface area contributed by atoms with E-state index >= 15 is 0 Å². The van der Waals surface area contributed by atoms with Crippen LogP contribution in [0.25, 0.3) is 0 Å². The lowest BCUT2D eigenvalue weighted by molar-refractivity contribution is -0.129. The molecule has 0 aromatic heterocycles. The molecule has 3 rings (SSSR count). The molecule has 114 valence electrons. The van der Waals surface area contributed by atoms with E-state index in [0.717, 1.165) is 43.6 Å². The SMILES string of the molecule is C=CC(=O)N(Cc1ccc2c(c1)CCO2)C1CCCC1C#N. The third kappa shape index (κ3) is 2.71. The summed E-state index contributed by atoms with van der Waals surface area (Å²) in [4.78, 5) is 14.1. The van der Waals surface area contributed by atoms with Crippen LogP contribution in [0.5, 0.6) is 5.75 Å². The molecular weight excluding hydrogens is 276 g/mol. The summed E-state index contributed by atoms with van der Waals surface area (Å²) in [5, 5.41) is 9.30. The zero-order valence-electron chi connectivity index (χ0n) is 12.6. The number of hydrogen-bond donors (Lipinski definition) is 0. The number of carbonyl (C=O) groups excluding carboxylic acids is 1. The van der Waals surface area contributed by atoms with Crippen LogP contribution < -0.4 is 4.74 Å². The quantitative estimate of drug-likeness (QED) is 0.803. The Morgan fingerprint density at radius 3 is 3.14 bits per heavy atom. The highest BCUT2D eigenvalue weighted by molar-refractivity contribution is 5.87. The van der Waals surface area contributed by atoms with Crippen LogP contribution in [0.3, 0.4) is 0 Å². The standard InChI is InChI=1S/C18H20N2O2/c1-2-18(21)20(16-5-3-4-15(16)11-19)12-13-6-7-17-14(10-13)8-9-22-17/h2,6-7,10,15-16H,1,3-5,8-9,12H2. The van der Waals surface area contributed by atoms with Crippen molar-refractivity contribution in [1.82, 2.24) is 4.90 Å². The summed E-state index contributed by atoms with van der Waals surface area (Å²) < 4.78 is 5.52. The number of fused-ring (bicyclic) bond motifs is 1. The molecule has 0 N–H and O–H groups in total. The first kappa shape index (κ1) is 14.6. The van der Waals surface area contributed by atoms with E-state index in [1.54, 1.807) is 0 Å². The van der Waals surface area contributed by atoms with E-state index in [0.29, 0.717) is 6.54 Å². The van der Waals surface area contributed by atoms with Gasteiger partial charge in [-0.25, -0.2) is 0 Å². The van der Waals surface area contributed by atoms with Crippen LogP contribution in [0.2, 0.25) is 0 Å². The molecule has 2 atom stereocenters. The van der Waals surface area contributed by atoms with Crippen molar-refractivity contribution < 1.29 is 9.53 Å². The molecule has 1 fully saturated rings. The molecule has 4 nitrogen and oxygen atoms in total. The van der Waals surface area contributed by atoms with Gasteiger partial charge in [-0.15, -0.1) is 0 Å². The maximum atomic E-state index is 12.3. The zero-order chi connectivity index (χ0) is 15.5. The highest BCUT2D eigenvalue weighted by Gasteiger charge is 2.34. The fourth-order valence-electron chi connectivity index (χ4n) is 3.47. The van der Waals surface area contributed by atoms with Crippen LogP contribution in [-0.4, -0.2) is 23.5 Å². The number of hydrogen-bond acceptors (Lipinski definition) is 3. The van der Waals surface area contributed by atoms with Crippen LogP contribution >= 0.6 is 0 Å². The Hall–Kier alpha value is -2.28. The van der Waals surface area contributed by atoms with Crippen LogP contribution in [-0.2, 0) is 17.8 Å². The number of amides is 1. The maximum absolute atomic E-state index is 12.3. The van der Waals surface area contributed by atoms with Crippen molar-refractivity contribution in [1.29, 1.82) is 5.26 Å². The van der Waals surface area contributed by atoms with Gasteiger partial charge in [-0.3, -0.25) is 4.79 Å². The number of ether oxygens (including phenoxy) is 1. The van der Waals surface area contributed by atoms with Crippen molar-refractivity contribution in [3.63, 3.8) is 0 Å². The van der Waals surface area contributed by atoms with Gasteiger partial charge in [-0.2, -0.15) is 5.26 Å². The number of rotatable bonds is 4. The van der Waals surface area contributed by atoms with Crippen molar-refractivity contribution in [2.75, 3.05) is 6.61 Å². The Morgan fingerprint density at radius 1 is 1.50 bits per heavy atom. The van der Waals surface area contributed by atoms with Gasteiger partial charge in [-0.05, 0) is 42.5 Å². The average Bonchev–Trinajstić information content (AvgIpc) is 3.19. The first-order valence-corrected chi connectivity index (χ1v) is 7.80. The molecular formula is C18H20N2O2. The van der Waals surface area contributed by atoms with Gasteiger partial charge in [0.05, 0.1) is 18.6 Å². The lowest BCUT2D eigenvalue weighted by atomic mass is 10.0. The van der Waals surface area contributed by atoms with E-state index in [4.69, 9.17) is 4.74 Å². The number of benzene rings is 1. The minimum absolute atomic E-state index is 0.00000425. The Labute approximate surface area is 131 Å². The lowest BCUT2D eigenvalue weighted by Crippen LogP contribution is -2.40. The van der Waals surface area contributed by atoms with Crippen molar-refractivity contribution in [2.45, 2.75) is 38.3 Å². The maximum Gasteiger partial charge on any atom is 0.246 e. The third-order valence-electron chi connectivity index (χ3n) is 4.61. The Balaban J connectivity index is 1.83. The summed E-state index contributed by atoms with van der Waals surface area (Å²) in [6.45, 7) is 4.87. The second kappa shape index (κ2) is 6.23. The van der Waals surface area contributed by atoms with E-state index in [9.17, 15) is 10.1 Å². The topological polar surface area (TPSA) is 53.3 Å². The summed E-state index contributed by atoms with van der Waals surface area (Å²) in [6.07, 6.45) is 5.04. The first-order chi connectivity index (χ1) is 10.7. The van der Waals surface area contributed by atoms with Crippen molar-refractivity contribution in [2.24, 2.45) is 5.92 Å². The lowest BCUT2D eigenvalue weighted by Gasteiger charge is -2.30. The second-order valence-electron chi connectivity index (χ2n) is 5.94. The molecule has 1 heterocycles. The molecule has 1 aromatic carbocycles. The number of nitrogens with zero attached hydrogens (tertiary/aromatic N) is 2. The monoisotopic (exact) mass is 296 g/mol. The van der Waals surface area contributed by atoms with Gasteiger partial charge in [0.2, 0.25) is 5.91 Å². The molecule has 0 bridgehead atoms. The smallest absolute Gasteiger partial charge is 0.246 e. The zero-order valence-corrected chi connectivity index (χ0v) is 12.6. The van der Waals surface area contributed by atoms with Gasteiger partial charge >= 0.3 is 0 Å². The summed E-state index contributed by atoms with van der Waals surface area (Å²) in [7, 11) is 0. The predicted molar refractivity (Wildman–Crippen MR) is 83.1 cm³/mol. The first-order valence-electron chi connectivity index (χ1n) is 7.80. The minimum atomic E-state index is -0.0936. The molecule has 1 aliphatic carbocycles. The van der Waals surface area contributed by atoms with Crippen LogP contribution in [0.1, 0.15) is 30.4 Å². The van der Waals surface area contributed by atoms with Crippen LogP contribution in [0, 0.1) is 17.2 Å². The second-order valence-corrected chi connectivity index (χ2v) is 5.94. The fraction of sp³-hybridized carbons (Fsp3) is 0.444. The number of carbonyl (C=O) groups is 1. The molecule has 1 saturated carbocycles. The summed E-state index contributed by atoms with van der Waals surface area (Å²) in [5.74, 6) is 0.784. The summed E-state index contributed by atoms with van der Waals surface area (Å²) >= 11 is 0. The minimum Gasteiger partial charge on any atom is -0.493 e. The molecule has 2 aliphatic rings. The highest BCUT2D eigenvalue weighted by atomic mass is 16.5. The number of nitriles is 1. The molecule has 1 aromatic rings. The molecule has 0 saturated heterocycles. The van der Waals surface area contributed by atoms with Gasteiger partial charge in [-0.1, -0.05) is 18.7 Å². The molecule has 0 spiro atoms. The van der Waals surface area contributed by atoms with Crippen LogP contribution in [0.15, 0.2) is 30.9 Å². The third-order valence-corrected chi connectivity index (χ3v) is 4.61. The van der Waals surface area contributed by atoms with Gasteiger partial charge in [0.1, 0.15) is 5.75 Å². The predicted octanol–water partition coefficient (Wildman–Crippen LogP) is 2.83. The van der Waals surface area contributed by atoms with E-state index in [1.807, 2.05) is 17.0 Å². The normalized spacial score (nSPS) is 22.5. The Kier molecular flexibility index (Phi) is 4.15. The fourth-order valence-corrected chi connectivity index (χ4v) is 3.47. The van der Waals surface area contributed by atoms with Crippen LogP contribution in [0.4, 0.5) is 0 Å². The average molecular weight is 296 g/mol. The molecule has 1 aliphatic heterocycles. The van der Waals surface area contributed by atoms with E-state index in [1.165, 1.54) is 11.6 Å². The van der Waals surface area contributed by atoms with E-state index < -0.39 is 0 Å². The van der Waals surface area contributed by atoms with Crippen molar-refractivity contribution in [3.05, 3.63) is 42.0 Å². The van der Waals surface area contributed by atoms with Gasteiger partial charge < -0.3 is 9.64 Å². The molecule has 1 amide bonds. The molecule has 2 unspecified atom stereocenters. The summed E-state index contributed by atoms with van der Waals surface area (Å²) in [5.41, 5.74) is 2.29. The summed E-state index contributed by atoms with van der Waals surface area (Å²) in [6, 6.07) is 8.45. The Morgan fingerprint density at radius 2 is 2.36 bits per heavy atom. The van der Waals surface area contributed by atoms with Crippen molar-refractivity contribution >= 4 is 5.91 Å². The van der Waals surface area contributed by atoms with Gasteiger partial charge in [0, 0.05) is 19.0 Å². The van der Waals surface area contributed by atoms with Crippen molar-refractivity contribution in [3.8, 4) is 11.8 Å². The Bertz CT molecular complexity index is 632. The van der Waals surface area contributed by atoms with Gasteiger partial charge in [0.25, 0.3) is 0 Å². The highest BCUT2D eigenvalue weighted by Crippen LogP contribution is 2.32. The van der Waals surface area contributed by atoms with E-state index in [-0.39, 0.29) is 17.9 Å². The largest absolute Gasteiger partial charge is 0.493 e. The molecule has 22 heavy (non-hydrogen) atoms. The molecule has 4 heteroatoms. The molecule has 0 radical (unpaired) electrons. The van der Waals surface area contributed by atoms with Gasteiger partial charge in [0.15, 0.2) is 0 Å².